The molecule has 102 valence electrons. The Morgan fingerprint density at radius 2 is 1.95 bits per heavy atom. The van der Waals surface area contributed by atoms with Crippen molar-refractivity contribution in [1.29, 1.82) is 0 Å². The van der Waals surface area contributed by atoms with Gasteiger partial charge in [0.1, 0.15) is 17.3 Å². The smallest absolute Gasteiger partial charge is 0.141 e. The number of hydrogen-bond acceptors (Lipinski definition) is 2. The SMILES string of the molecule is CC(C)(C)NCc1ccc(-c2ccc(F)c(Cl)c2)o1. The third-order valence-electron chi connectivity index (χ3n) is 2.66. The first-order valence-electron chi connectivity index (χ1n) is 6.14. The van der Waals surface area contributed by atoms with Gasteiger partial charge in [0.15, 0.2) is 0 Å². The molecule has 0 aliphatic rings. The lowest BCUT2D eigenvalue weighted by Gasteiger charge is -2.19. The zero-order chi connectivity index (χ0) is 14.0. The van der Waals surface area contributed by atoms with Crippen molar-refractivity contribution >= 4 is 11.6 Å². The molecular weight excluding hydrogens is 265 g/mol. The van der Waals surface area contributed by atoms with Crippen molar-refractivity contribution in [3.63, 3.8) is 0 Å². The Morgan fingerprint density at radius 1 is 1.21 bits per heavy atom. The van der Waals surface area contributed by atoms with Gasteiger partial charge in [0.25, 0.3) is 0 Å². The molecule has 0 saturated heterocycles. The summed E-state index contributed by atoms with van der Waals surface area (Å²) < 4.78 is 18.8. The first-order valence-corrected chi connectivity index (χ1v) is 6.52. The predicted octanol–water partition coefficient (Wildman–Crippen LogP) is 4.63. The van der Waals surface area contributed by atoms with Crippen LogP contribution in [0.4, 0.5) is 4.39 Å². The quantitative estimate of drug-likeness (QED) is 0.887. The molecule has 0 atom stereocenters. The molecule has 0 radical (unpaired) electrons. The standard InChI is InChI=1S/C15H17ClFNO/c1-15(2,3)18-9-11-5-7-14(19-11)10-4-6-13(17)12(16)8-10/h4-8,18H,9H2,1-3H3. The molecule has 0 aliphatic carbocycles. The summed E-state index contributed by atoms with van der Waals surface area (Å²) in [5.74, 6) is 1.10. The van der Waals surface area contributed by atoms with E-state index in [9.17, 15) is 4.39 Å². The van der Waals surface area contributed by atoms with Crippen molar-refractivity contribution in [2.75, 3.05) is 0 Å². The highest BCUT2D eigenvalue weighted by Crippen LogP contribution is 2.26. The predicted molar refractivity (Wildman–Crippen MR) is 75.7 cm³/mol. The first kappa shape index (κ1) is 14.1. The maximum Gasteiger partial charge on any atom is 0.141 e. The Kier molecular flexibility index (Phi) is 3.97. The van der Waals surface area contributed by atoms with Gasteiger partial charge < -0.3 is 9.73 Å². The van der Waals surface area contributed by atoms with E-state index >= 15 is 0 Å². The molecule has 0 aliphatic heterocycles. The fraction of sp³-hybridized carbons (Fsp3) is 0.333. The topological polar surface area (TPSA) is 25.2 Å². The van der Waals surface area contributed by atoms with Crippen LogP contribution in [0.2, 0.25) is 5.02 Å². The number of nitrogens with one attached hydrogen (secondary N) is 1. The van der Waals surface area contributed by atoms with Crippen LogP contribution in [0.15, 0.2) is 34.7 Å². The minimum atomic E-state index is -0.424. The zero-order valence-electron chi connectivity index (χ0n) is 11.3. The van der Waals surface area contributed by atoms with E-state index < -0.39 is 5.82 Å². The molecule has 0 saturated carbocycles. The molecule has 2 aromatic rings. The fourth-order valence-electron chi connectivity index (χ4n) is 1.63. The molecule has 19 heavy (non-hydrogen) atoms. The minimum absolute atomic E-state index is 0.0339. The Labute approximate surface area is 117 Å². The average molecular weight is 282 g/mol. The number of halogens is 2. The van der Waals surface area contributed by atoms with Gasteiger partial charge in [-0.15, -0.1) is 0 Å². The van der Waals surface area contributed by atoms with Crippen molar-refractivity contribution < 1.29 is 8.81 Å². The molecule has 0 unspecified atom stereocenters. The largest absolute Gasteiger partial charge is 0.460 e. The highest BCUT2D eigenvalue weighted by atomic mass is 35.5. The third-order valence-corrected chi connectivity index (χ3v) is 2.95. The molecule has 0 fully saturated rings. The van der Waals surface area contributed by atoms with Gasteiger partial charge in [0.2, 0.25) is 0 Å². The van der Waals surface area contributed by atoms with Crippen molar-refractivity contribution in [2.45, 2.75) is 32.9 Å². The highest BCUT2D eigenvalue weighted by molar-refractivity contribution is 6.31. The van der Waals surface area contributed by atoms with Crippen molar-refractivity contribution in [1.82, 2.24) is 5.32 Å². The van der Waals surface area contributed by atoms with Gasteiger partial charge in [-0.05, 0) is 51.1 Å². The second-order valence-electron chi connectivity index (χ2n) is 5.50. The maximum atomic E-state index is 13.1. The molecule has 1 N–H and O–H groups in total. The van der Waals surface area contributed by atoms with Crippen molar-refractivity contribution in [2.24, 2.45) is 0 Å². The van der Waals surface area contributed by atoms with Crippen LogP contribution in [0.5, 0.6) is 0 Å². The van der Waals surface area contributed by atoms with Gasteiger partial charge in [-0.3, -0.25) is 0 Å². The van der Waals surface area contributed by atoms with E-state index in [0.717, 1.165) is 11.3 Å². The van der Waals surface area contributed by atoms with Gasteiger partial charge in [-0.25, -0.2) is 4.39 Å². The molecule has 1 aromatic carbocycles. The monoisotopic (exact) mass is 281 g/mol. The van der Waals surface area contributed by atoms with E-state index in [1.54, 1.807) is 12.1 Å². The van der Waals surface area contributed by atoms with Crippen LogP contribution >= 0.6 is 11.6 Å². The Morgan fingerprint density at radius 3 is 2.58 bits per heavy atom. The van der Waals surface area contributed by atoms with Gasteiger partial charge in [-0.2, -0.15) is 0 Å². The molecule has 0 spiro atoms. The van der Waals surface area contributed by atoms with Crippen LogP contribution in [0.1, 0.15) is 26.5 Å². The highest BCUT2D eigenvalue weighted by Gasteiger charge is 2.11. The lowest BCUT2D eigenvalue weighted by Crippen LogP contribution is -2.34. The van der Waals surface area contributed by atoms with Crippen LogP contribution in [0.3, 0.4) is 0 Å². The van der Waals surface area contributed by atoms with Gasteiger partial charge in [0, 0.05) is 11.1 Å². The van der Waals surface area contributed by atoms with E-state index in [-0.39, 0.29) is 10.6 Å². The zero-order valence-corrected chi connectivity index (χ0v) is 12.0. The van der Waals surface area contributed by atoms with Crippen LogP contribution in [-0.2, 0) is 6.54 Å². The van der Waals surface area contributed by atoms with Gasteiger partial charge in [-0.1, -0.05) is 11.6 Å². The van der Waals surface area contributed by atoms with E-state index in [1.165, 1.54) is 6.07 Å². The Hall–Kier alpha value is -1.32. The lowest BCUT2D eigenvalue weighted by molar-refractivity contribution is 0.391. The first-order chi connectivity index (χ1) is 8.85. The lowest BCUT2D eigenvalue weighted by atomic mass is 10.1. The second kappa shape index (κ2) is 5.35. The van der Waals surface area contributed by atoms with Crippen molar-refractivity contribution in [3.05, 3.63) is 46.9 Å². The van der Waals surface area contributed by atoms with Crippen LogP contribution in [0.25, 0.3) is 11.3 Å². The van der Waals surface area contributed by atoms with Gasteiger partial charge >= 0.3 is 0 Å². The van der Waals surface area contributed by atoms with Crippen LogP contribution in [0, 0.1) is 5.82 Å². The summed E-state index contributed by atoms with van der Waals surface area (Å²) in [5.41, 5.74) is 0.806. The summed E-state index contributed by atoms with van der Waals surface area (Å²) in [6.07, 6.45) is 0. The summed E-state index contributed by atoms with van der Waals surface area (Å²) in [6.45, 7) is 6.93. The Bertz CT molecular complexity index is 572. The molecule has 1 aromatic heterocycles. The van der Waals surface area contributed by atoms with E-state index in [2.05, 4.69) is 26.1 Å². The van der Waals surface area contributed by atoms with E-state index in [1.807, 2.05) is 12.1 Å². The fourth-order valence-corrected chi connectivity index (χ4v) is 1.81. The number of furan rings is 1. The number of rotatable bonds is 3. The maximum absolute atomic E-state index is 13.1. The molecule has 2 nitrogen and oxygen atoms in total. The summed E-state index contributed by atoms with van der Waals surface area (Å²) in [4.78, 5) is 0. The third kappa shape index (κ3) is 3.82. The molecular formula is C15H17ClFNO. The molecule has 4 heteroatoms. The van der Waals surface area contributed by atoms with Crippen LogP contribution in [-0.4, -0.2) is 5.54 Å². The summed E-state index contributed by atoms with van der Waals surface area (Å²) in [7, 11) is 0. The molecule has 0 amide bonds. The minimum Gasteiger partial charge on any atom is -0.460 e. The summed E-state index contributed by atoms with van der Waals surface area (Å²) in [5, 5.41) is 3.44. The van der Waals surface area contributed by atoms with E-state index in [0.29, 0.717) is 12.3 Å². The number of hydrogen-bond donors (Lipinski definition) is 1. The van der Waals surface area contributed by atoms with Gasteiger partial charge in [0.05, 0.1) is 11.6 Å². The van der Waals surface area contributed by atoms with E-state index in [4.69, 9.17) is 16.0 Å². The van der Waals surface area contributed by atoms with Crippen LogP contribution < -0.4 is 5.32 Å². The normalized spacial score (nSPS) is 11.8. The second-order valence-corrected chi connectivity index (χ2v) is 5.91. The molecule has 0 bridgehead atoms. The van der Waals surface area contributed by atoms with Crippen molar-refractivity contribution in [3.8, 4) is 11.3 Å². The summed E-state index contributed by atoms with van der Waals surface area (Å²) in [6, 6.07) is 8.33. The molecule has 1 heterocycles. The average Bonchev–Trinajstić information content (AvgIpc) is 2.78. The number of benzene rings is 1. The Balaban J connectivity index is 2.14. The summed E-state index contributed by atoms with van der Waals surface area (Å²) >= 11 is 5.76. The molecule has 2 rings (SSSR count).